The number of hydrogen-bond donors (Lipinski definition) is 2. The van der Waals surface area contributed by atoms with Crippen molar-refractivity contribution in [3.63, 3.8) is 0 Å². The van der Waals surface area contributed by atoms with Crippen molar-refractivity contribution in [2.45, 2.75) is 181 Å². The lowest BCUT2D eigenvalue weighted by atomic mass is 10.0. The van der Waals surface area contributed by atoms with Gasteiger partial charge in [-0.15, -0.1) is 0 Å². The quantitative estimate of drug-likeness (QED) is 0.124. The van der Waals surface area contributed by atoms with Crippen LogP contribution in [0.4, 0.5) is 0 Å². The third kappa shape index (κ3) is 39.0. The van der Waals surface area contributed by atoms with Gasteiger partial charge in [0.05, 0.1) is 0 Å². The van der Waals surface area contributed by atoms with Gasteiger partial charge in [-0.05, 0) is 19.4 Å². The largest absolute Gasteiger partial charge is 0.481 e. The van der Waals surface area contributed by atoms with Crippen LogP contribution in [0.25, 0.3) is 0 Å². The van der Waals surface area contributed by atoms with Crippen LogP contribution in [-0.2, 0) is 4.79 Å². The van der Waals surface area contributed by atoms with Gasteiger partial charge in [0.25, 0.3) is 0 Å². The van der Waals surface area contributed by atoms with E-state index < -0.39 is 5.97 Å². The van der Waals surface area contributed by atoms with Crippen molar-refractivity contribution in [1.29, 1.82) is 0 Å². The van der Waals surface area contributed by atoms with Gasteiger partial charge in [0, 0.05) is 6.42 Å². The summed E-state index contributed by atoms with van der Waals surface area (Å²) in [6.07, 6.45) is 34.1. The van der Waals surface area contributed by atoms with Crippen LogP contribution in [-0.4, -0.2) is 17.6 Å². The highest BCUT2D eigenvalue weighted by Crippen LogP contribution is 2.14. The predicted octanol–water partition coefficient (Wildman–Crippen LogP) is 10.2. The lowest BCUT2D eigenvalue weighted by Crippen LogP contribution is -1.97. The average Bonchev–Trinajstić information content (AvgIpc) is 2.81. The van der Waals surface area contributed by atoms with Gasteiger partial charge in [-0.25, -0.2) is 0 Å². The molecule has 0 amide bonds. The summed E-state index contributed by atoms with van der Waals surface area (Å²) in [7, 11) is 0. The zero-order valence-electron chi connectivity index (χ0n) is 23.0. The molecule has 0 aliphatic carbocycles. The molecule has 0 aromatic carbocycles. The van der Waals surface area contributed by atoms with Crippen molar-refractivity contribution < 1.29 is 9.90 Å². The standard InChI is InChI=1S/C20H40O2.C10H23N/c1-2-3-4-5-6-7-8-9-10-11-12-13-14-15-16-17-18-19-20(21)22;1-2-3-4-5-6-7-8-9-10-11/h2-19H2,1H3,(H,21,22);2-11H2,1H3. The van der Waals surface area contributed by atoms with E-state index in [1.165, 1.54) is 148 Å². The zero-order valence-corrected chi connectivity index (χ0v) is 23.0. The van der Waals surface area contributed by atoms with Crippen molar-refractivity contribution in [2.24, 2.45) is 5.73 Å². The number of unbranched alkanes of at least 4 members (excludes halogenated alkanes) is 23. The highest BCUT2D eigenvalue weighted by Gasteiger charge is 1.97. The van der Waals surface area contributed by atoms with E-state index in [2.05, 4.69) is 13.8 Å². The fourth-order valence-electron chi connectivity index (χ4n) is 4.28. The summed E-state index contributed by atoms with van der Waals surface area (Å²) in [4.78, 5) is 10.4. The van der Waals surface area contributed by atoms with Crippen molar-refractivity contribution in [2.75, 3.05) is 6.54 Å². The number of carboxylic acids is 1. The van der Waals surface area contributed by atoms with Crippen LogP contribution in [0.3, 0.4) is 0 Å². The molecule has 200 valence electrons. The summed E-state index contributed by atoms with van der Waals surface area (Å²) in [6.45, 7) is 5.41. The molecule has 0 spiro atoms. The molecule has 0 bridgehead atoms. The SMILES string of the molecule is CCCCCCCCCCCCCCCCCCCC(=O)O.CCCCCCCCCCN. The van der Waals surface area contributed by atoms with E-state index in [0.717, 1.165) is 19.4 Å². The normalized spacial score (nSPS) is 10.8. The Morgan fingerprint density at radius 1 is 0.455 bits per heavy atom. The molecule has 3 nitrogen and oxygen atoms in total. The third-order valence-electron chi connectivity index (χ3n) is 6.55. The summed E-state index contributed by atoms with van der Waals surface area (Å²) in [5, 5.41) is 8.54. The highest BCUT2D eigenvalue weighted by molar-refractivity contribution is 5.66. The molecule has 0 heterocycles. The Bertz CT molecular complexity index is 338. The van der Waals surface area contributed by atoms with Gasteiger partial charge in [0.15, 0.2) is 0 Å². The first-order chi connectivity index (χ1) is 16.2. The van der Waals surface area contributed by atoms with E-state index >= 15 is 0 Å². The Morgan fingerprint density at radius 2 is 0.697 bits per heavy atom. The summed E-state index contributed by atoms with van der Waals surface area (Å²) < 4.78 is 0. The van der Waals surface area contributed by atoms with Gasteiger partial charge >= 0.3 is 5.97 Å². The average molecular weight is 470 g/mol. The molecule has 3 heteroatoms. The second-order valence-electron chi connectivity index (χ2n) is 10.1. The molecule has 0 aliphatic rings. The minimum Gasteiger partial charge on any atom is -0.481 e. The molecular weight excluding hydrogens is 406 g/mol. The molecule has 0 saturated carbocycles. The minimum absolute atomic E-state index is 0.346. The summed E-state index contributed by atoms with van der Waals surface area (Å²) >= 11 is 0. The first-order valence-corrected chi connectivity index (χ1v) is 15.1. The van der Waals surface area contributed by atoms with Gasteiger partial charge < -0.3 is 10.8 Å². The highest BCUT2D eigenvalue weighted by atomic mass is 16.4. The molecule has 0 aromatic heterocycles. The molecule has 0 unspecified atom stereocenters. The molecule has 0 radical (unpaired) electrons. The van der Waals surface area contributed by atoms with Crippen molar-refractivity contribution >= 4 is 5.97 Å². The van der Waals surface area contributed by atoms with Crippen LogP contribution in [0.15, 0.2) is 0 Å². The van der Waals surface area contributed by atoms with Crippen LogP contribution in [0.2, 0.25) is 0 Å². The number of aliphatic carboxylic acids is 1. The number of rotatable bonds is 26. The lowest BCUT2D eigenvalue weighted by molar-refractivity contribution is -0.137. The first kappa shape index (κ1) is 34.6. The van der Waals surface area contributed by atoms with E-state index in [0.29, 0.717) is 6.42 Å². The van der Waals surface area contributed by atoms with Gasteiger partial charge in [-0.3, -0.25) is 4.79 Å². The topological polar surface area (TPSA) is 63.3 Å². The van der Waals surface area contributed by atoms with E-state index in [-0.39, 0.29) is 0 Å². The summed E-state index contributed by atoms with van der Waals surface area (Å²) in [6, 6.07) is 0. The minimum atomic E-state index is -0.652. The fraction of sp³-hybridized carbons (Fsp3) is 0.967. The molecule has 0 fully saturated rings. The Morgan fingerprint density at radius 3 is 0.939 bits per heavy atom. The maximum atomic E-state index is 10.4. The Kier molecular flexibility index (Phi) is 35.2. The van der Waals surface area contributed by atoms with Gasteiger partial charge in [0.1, 0.15) is 0 Å². The van der Waals surface area contributed by atoms with Crippen molar-refractivity contribution in [1.82, 2.24) is 0 Å². The second kappa shape index (κ2) is 33.6. The fourth-order valence-corrected chi connectivity index (χ4v) is 4.28. The zero-order chi connectivity index (χ0) is 24.7. The first-order valence-electron chi connectivity index (χ1n) is 15.1. The Labute approximate surface area is 209 Å². The van der Waals surface area contributed by atoms with Crippen LogP contribution in [0.1, 0.15) is 181 Å². The molecule has 33 heavy (non-hydrogen) atoms. The molecule has 3 N–H and O–H groups in total. The van der Waals surface area contributed by atoms with E-state index in [4.69, 9.17) is 10.8 Å². The van der Waals surface area contributed by atoms with Crippen LogP contribution in [0, 0.1) is 0 Å². The number of hydrogen-bond acceptors (Lipinski definition) is 2. The van der Waals surface area contributed by atoms with Crippen LogP contribution in [0.5, 0.6) is 0 Å². The van der Waals surface area contributed by atoms with Crippen LogP contribution < -0.4 is 5.73 Å². The third-order valence-corrected chi connectivity index (χ3v) is 6.55. The van der Waals surface area contributed by atoms with Gasteiger partial charge in [-0.1, -0.05) is 162 Å². The Balaban J connectivity index is 0. The monoisotopic (exact) mass is 469 g/mol. The molecular formula is C30H63NO2. The van der Waals surface area contributed by atoms with Crippen molar-refractivity contribution in [3.05, 3.63) is 0 Å². The molecule has 0 saturated heterocycles. The Hall–Kier alpha value is -0.570. The van der Waals surface area contributed by atoms with E-state index in [1.54, 1.807) is 0 Å². The lowest BCUT2D eigenvalue weighted by Gasteiger charge is -2.03. The summed E-state index contributed by atoms with van der Waals surface area (Å²) in [5.41, 5.74) is 5.39. The van der Waals surface area contributed by atoms with E-state index in [9.17, 15) is 4.79 Å². The molecule has 0 aliphatic heterocycles. The number of carboxylic acid groups (broad SMARTS) is 1. The van der Waals surface area contributed by atoms with E-state index in [1.807, 2.05) is 0 Å². The molecule has 0 rings (SSSR count). The number of nitrogens with two attached hydrogens (primary N) is 1. The van der Waals surface area contributed by atoms with Crippen molar-refractivity contribution in [3.8, 4) is 0 Å². The maximum absolute atomic E-state index is 10.4. The number of carbonyl (C=O) groups is 1. The summed E-state index contributed by atoms with van der Waals surface area (Å²) in [5.74, 6) is -0.652. The van der Waals surface area contributed by atoms with Gasteiger partial charge in [-0.2, -0.15) is 0 Å². The molecule has 0 aromatic rings. The molecule has 0 atom stereocenters. The van der Waals surface area contributed by atoms with Gasteiger partial charge in [0.2, 0.25) is 0 Å². The smallest absolute Gasteiger partial charge is 0.303 e. The second-order valence-corrected chi connectivity index (χ2v) is 10.1. The predicted molar refractivity (Wildman–Crippen MR) is 148 cm³/mol. The maximum Gasteiger partial charge on any atom is 0.303 e. The van der Waals surface area contributed by atoms with Crippen LogP contribution >= 0.6 is 0 Å².